The summed E-state index contributed by atoms with van der Waals surface area (Å²) in [4.78, 5) is 28.0. The molecule has 0 aromatic heterocycles. The quantitative estimate of drug-likeness (QED) is 0.851. The van der Waals surface area contributed by atoms with Gasteiger partial charge in [-0.3, -0.25) is 9.59 Å². The van der Waals surface area contributed by atoms with Gasteiger partial charge in [-0.15, -0.1) is 0 Å². The number of rotatable bonds is 2. The third kappa shape index (κ3) is 2.76. The average Bonchev–Trinajstić information content (AvgIpc) is 2.73. The van der Waals surface area contributed by atoms with Gasteiger partial charge in [0.25, 0.3) is 5.91 Å². The van der Waals surface area contributed by atoms with E-state index in [-0.39, 0.29) is 23.7 Å². The molecule has 4 fully saturated rings. The van der Waals surface area contributed by atoms with Crippen LogP contribution in [0.2, 0.25) is 0 Å². The Kier molecular flexibility index (Phi) is 4.25. The molecule has 2 heterocycles. The van der Waals surface area contributed by atoms with Crippen LogP contribution in [0.4, 0.5) is 0 Å². The summed E-state index contributed by atoms with van der Waals surface area (Å²) < 4.78 is 11.8. The maximum absolute atomic E-state index is 13.1. The fourth-order valence-corrected chi connectivity index (χ4v) is 5.77. The summed E-state index contributed by atoms with van der Waals surface area (Å²) in [5, 5.41) is 3.17. The minimum absolute atomic E-state index is 0.0784. The zero-order chi connectivity index (χ0) is 19.3. The molecule has 150 valence electrons. The van der Waals surface area contributed by atoms with Crippen molar-refractivity contribution in [1.29, 1.82) is 0 Å². The van der Waals surface area contributed by atoms with Crippen molar-refractivity contribution in [3.05, 3.63) is 23.8 Å². The molecule has 1 N–H and O–H groups in total. The van der Waals surface area contributed by atoms with Gasteiger partial charge in [0.1, 0.15) is 11.5 Å². The smallest absolute Gasteiger partial charge is 0.258 e. The lowest BCUT2D eigenvalue weighted by atomic mass is 9.59. The van der Waals surface area contributed by atoms with Crippen molar-refractivity contribution in [3.8, 4) is 11.5 Å². The number of hydrogen-bond acceptors (Lipinski definition) is 4. The van der Waals surface area contributed by atoms with Crippen LogP contribution in [0.15, 0.2) is 18.2 Å². The summed E-state index contributed by atoms with van der Waals surface area (Å²) in [6.45, 7) is 1.80. The molecule has 6 heteroatoms. The molecule has 6 rings (SSSR count). The minimum Gasteiger partial charge on any atom is -0.497 e. The summed E-state index contributed by atoms with van der Waals surface area (Å²) in [5.74, 6) is 2.03. The number of nitrogens with one attached hydrogen (secondary N) is 1. The van der Waals surface area contributed by atoms with Gasteiger partial charge < -0.3 is 19.7 Å². The lowest BCUT2D eigenvalue weighted by Gasteiger charge is -2.55. The molecule has 2 aliphatic heterocycles. The first-order chi connectivity index (χ1) is 13.6. The lowest BCUT2D eigenvalue weighted by Crippen LogP contribution is -2.67. The van der Waals surface area contributed by atoms with Gasteiger partial charge in [-0.1, -0.05) is 0 Å². The topological polar surface area (TPSA) is 67.9 Å². The molecule has 2 amide bonds. The van der Waals surface area contributed by atoms with E-state index >= 15 is 0 Å². The van der Waals surface area contributed by atoms with Crippen LogP contribution in [0.5, 0.6) is 11.5 Å². The van der Waals surface area contributed by atoms with Crippen molar-refractivity contribution >= 4 is 11.8 Å². The van der Waals surface area contributed by atoms with E-state index in [0.717, 1.165) is 45.2 Å². The van der Waals surface area contributed by atoms with Crippen LogP contribution in [-0.4, -0.2) is 42.6 Å². The molecule has 4 atom stereocenters. The number of methoxy groups -OCH3 is 1. The number of amides is 2. The average molecular weight is 384 g/mol. The molecule has 1 saturated heterocycles. The van der Waals surface area contributed by atoms with E-state index in [1.54, 1.807) is 25.3 Å². The summed E-state index contributed by atoms with van der Waals surface area (Å²) in [6.07, 6.45) is 7.02. The van der Waals surface area contributed by atoms with Crippen molar-refractivity contribution in [1.82, 2.24) is 10.2 Å². The molecule has 3 saturated carbocycles. The Hall–Kier alpha value is -2.24. The van der Waals surface area contributed by atoms with Crippen LogP contribution in [0.3, 0.4) is 0 Å². The predicted octanol–water partition coefficient (Wildman–Crippen LogP) is 2.96. The molecule has 0 unspecified atom stereocenters. The third-order valence-corrected chi connectivity index (χ3v) is 7.25. The number of ether oxygens (including phenoxy) is 2. The van der Waals surface area contributed by atoms with Crippen molar-refractivity contribution in [2.45, 2.75) is 50.7 Å². The molecule has 1 spiro atoms. The summed E-state index contributed by atoms with van der Waals surface area (Å²) in [5.41, 5.74) is -0.133. The second-order valence-corrected chi connectivity index (χ2v) is 8.77. The van der Waals surface area contributed by atoms with E-state index in [9.17, 15) is 9.59 Å². The standard InChI is InChI=1S/C22H28N2O4/c1-27-16-7-8-17-19(12-16)28-22(23-20(17)25)13-14-5-6-15(22)11-18(14)21(26)24-9-3-2-4-10-24/h7-8,12,14-15,18H,2-6,9-11,13H2,1H3,(H,23,25)/t14-,15+,18+,22-/m1/s1. The lowest BCUT2D eigenvalue weighted by molar-refractivity contribution is -0.156. The minimum atomic E-state index is -0.682. The fraction of sp³-hybridized carbons (Fsp3) is 0.636. The van der Waals surface area contributed by atoms with Crippen LogP contribution >= 0.6 is 0 Å². The van der Waals surface area contributed by atoms with Crippen LogP contribution in [0.25, 0.3) is 0 Å². The maximum Gasteiger partial charge on any atom is 0.258 e. The highest BCUT2D eigenvalue weighted by Crippen LogP contribution is 2.53. The number of nitrogens with zero attached hydrogens (tertiary/aromatic N) is 1. The van der Waals surface area contributed by atoms with Gasteiger partial charge in [0, 0.05) is 37.4 Å². The highest BCUT2D eigenvalue weighted by molar-refractivity contribution is 5.98. The Balaban J connectivity index is 1.38. The predicted molar refractivity (Wildman–Crippen MR) is 103 cm³/mol. The monoisotopic (exact) mass is 384 g/mol. The van der Waals surface area contributed by atoms with E-state index in [4.69, 9.17) is 9.47 Å². The molecule has 1 aromatic rings. The normalized spacial score (nSPS) is 33.8. The van der Waals surface area contributed by atoms with Gasteiger partial charge in [-0.25, -0.2) is 0 Å². The van der Waals surface area contributed by atoms with Crippen molar-refractivity contribution < 1.29 is 19.1 Å². The first-order valence-electron chi connectivity index (χ1n) is 10.6. The second kappa shape index (κ2) is 6.68. The molecule has 2 bridgehead atoms. The number of carbonyl (C=O) groups is 2. The first kappa shape index (κ1) is 17.8. The maximum atomic E-state index is 13.1. The van der Waals surface area contributed by atoms with Gasteiger partial charge in [0.05, 0.1) is 12.7 Å². The van der Waals surface area contributed by atoms with Crippen molar-refractivity contribution in [2.24, 2.45) is 17.8 Å². The molecule has 6 nitrogen and oxygen atoms in total. The summed E-state index contributed by atoms with van der Waals surface area (Å²) >= 11 is 0. The van der Waals surface area contributed by atoms with Gasteiger partial charge in [0.15, 0.2) is 5.72 Å². The second-order valence-electron chi connectivity index (χ2n) is 8.77. The zero-order valence-corrected chi connectivity index (χ0v) is 16.4. The number of fused-ring (bicyclic) bond motifs is 3. The Bertz CT molecular complexity index is 804. The highest BCUT2D eigenvalue weighted by atomic mass is 16.5. The molecular formula is C22H28N2O4. The summed E-state index contributed by atoms with van der Waals surface area (Å²) in [7, 11) is 1.61. The number of carbonyl (C=O) groups excluding carboxylic acids is 2. The molecule has 3 aliphatic carbocycles. The van der Waals surface area contributed by atoms with Gasteiger partial charge in [-0.2, -0.15) is 0 Å². The number of benzene rings is 1. The van der Waals surface area contributed by atoms with Crippen molar-refractivity contribution in [3.63, 3.8) is 0 Å². The Morgan fingerprint density at radius 2 is 2.07 bits per heavy atom. The van der Waals surface area contributed by atoms with E-state index < -0.39 is 5.72 Å². The SMILES string of the molecule is COc1ccc2c(c1)O[C@@]1(C[C@H]3CC[C@H]1C[C@@H]3C(=O)N1CCCCC1)NC2=O. The fourth-order valence-electron chi connectivity index (χ4n) is 5.77. The third-order valence-electron chi connectivity index (χ3n) is 7.25. The van der Waals surface area contributed by atoms with E-state index in [1.165, 1.54) is 6.42 Å². The molecular weight excluding hydrogens is 356 g/mol. The van der Waals surface area contributed by atoms with E-state index in [1.807, 2.05) is 0 Å². The molecule has 0 radical (unpaired) electrons. The van der Waals surface area contributed by atoms with E-state index in [2.05, 4.69) is 10.2 Å². The van der Waals surface area contributed by atoms with Crippen LogP contribution in [0.1, 0.15) is 55.3 Å². The molecule has 1 aromatic carbocycles. The Morgan fingerprint density at radius 1 is 1.25 bits per heavy atom. The van der Waals surface area contributed by atoms with Crippen LogP contribution < -0.4 is 14.8 Å². The van der Waals surface area contributed by atoms with Crippen molar-refractivity contribution in [2.75, 3.05) is 20.2 Å². The number of piperidine rings is 1. The highest BCUT2D eigenvalue weighted by Gasteiger charge is 2.57. The summed E-state index contributed by atoms with van der Waals surface area (Å²) in [6, 6.07) is 5.33. The first-order valence-corrected chi connectivity index (χ1v) is 10.6. The number of likely N-dealkylation sites (tertiary alicyclic amines) is 1. The molecule has 28 heavy (non-hydrogen) atoms. The molecule has 5 aliphatic rings. The zero-order valence-electron chi connectivity index (χ0n) is 16.4. The van der Waals surface area contributed by atoms with E-state index in [0.29, 0.717) is 29.4 Å². The number of hydrogen-bond donors (Lipinski definition) is 1. The van der Waals surface area contributed by atoms with Gasteiger partial charge >= 0.3 is 0 Å². The largest absolute Gasteiger partial charge is 0.497 e. The Labute approximate surface area is 165 Å². The van der Waals surface area contributed by atoms with Gasteiger partial charge in [0.2, 0.25) is 5.91 Å². The van der Waals surface area contributed by atoms with Gasteiger partial charge in [-0.05, 0) is 56.6 Å². The van der Waals surface area contributed by atoms with Crippen LogP contribution in [0, 0.1) is 17.8 Å². The van der Waals surface area contributed by atoms with Crippen LogP contribution in [-0.2, 0) is 4.79 Å². The Morgan fingerprint density at radius 3 is 2.79 bits per heavy atom.